The minimum atomic E-state index is -0.862. The molecule has 0 aliphatic heterocycles. The van der Waals surface area contributed by atoms with Gasteiger partial charge in [-0.05, 0) is 19.3 Å². The summed E-state index contributed by atoms with van der Waals surface area (Å²) >= 11 is 0. The molecule has 0 saturated carbocycles. The molecule has 0 fully saturated rings. The first-order chi connectivity index (χ1) is 7.55. The summed E-state index contributed by atoms with van der Waals surface area (Å²) in [6.07, 6.45) is 6.68. The quantitative estimate of drug-likeness (QED) is 0.417. The molecule has 16 heavy (non-hydrogen) atoms. The van der Waals surface area contributed by atoms with Crippen LogP contribution in [0.4, 0.5) is 0 Å². The van der Waals surface area contributed by atoms with Crippen molar-refractivity contribution in [1.29, 1.82) is 0 Å². The van der Waals surface area contributed by atoms with Gasteiger partial charge < -0.3 is 9.47 Å². The van der Waals surface area contributed by atoms with Crippen molar-refractivity contribution in [3.8, 4) is 0 Å². The summed E-state index contributed by atoms with van der Waals surface area (Å²) in [6, 6.07) is 0. The second-order valence-corrected chi connectivity index (χ2v) is 4.28. The molecule has 0 aromatic rings. The zero-order valence-corrected chi connectivity index (χ0v) is 9.99. The number of hydrogen-bond acceptors (Lipinski definition) is 4. The molecular formula is C12H18O4. The summed E-state index contributed by atoms with van der Waals surface area (Å²) in [5.74, 6) is -1.92. The van der Waals surface area contributed by atoms with Crippen molar-refractivity contribution < 1.29 is 19.1 Å². The van der Waals surface area contributed by atoms with Crippen LogP contribution in [-0.4, -0.2) is 26.2 Å². The topological polar surface area (TPSA) is 52.6 Å². The third-order valence-corrected chi connectivity index (χ3v) is 3.12. The van der Waals surface area contributed by atoms with Crippen LogP contribution < -0.4 is 0 Å². The Morgan fingerprint density at radius 3 is 2.19 bits per heavy atom. The lowest BCUT2D eigenvalue weighted by Crippen LogP contribution is -2.40. The van der Waals surface area contributed by atoms with E-state index in [0.717, 1.165) is 19.3 Å². The number of allylic oxidation sites excluding steroid dienone is 2. The standard InChI is InChI=1S/C12H18O4/c1-12(7-5-4-6-8-12)9(10(13)15-2)11(14)16-3/h5,7,9H,4,6,8H2,1-3H3. The van der Waals surface area contributed by atoms with Crippen molar-refractivity contribution in [3.63, 3.8) is 0 Å². The van der Waals surface area contributed by atoms with E-state index < -0.39 is 23.3 Å². The van der Waals surface area contributed by atoms with Crippen LogP contribution in [0.2, 0.25) is 0 Å². The minimum Gasteiger partial charge on any atom is -0.468 e. The maximum absolute atomic E-state index is 11.7. The van der Waals surface area contributed by atoms with E-state index in [0.29, 0.717) is 0 Å². The molecule has 0 heterocycles. The third-order valence-electron chi connectivity index (χ3n) is 3.12. The molecule has 90 valence electrons. The zero-order valence-electron chi connectivity index (χ0n) is 9.99. The highest BCUT2D eigenvalue weighted by atomic mass is 16.5. The van der Waals surface area contributed by atoms with Crippen molar-refractivity contribution in [3.05, 3.63) is 12.2 Å². The van der Waals surface area contributed by atoms with Crippen molar-refractivity contribution in [2.24, 2.45) is 11.3 Å². The Labute approximate surface area is 95.6 Å². The molecule has 0 aromatic carbocycles. The van der Waals surface area contributed by atoms with Crippen LogP contribution in [-0.2, 0) is 19.1 Å². The predicted molar refractivity (Wildman–Crippen MR) is 58.6 cm³/mol. The van der Waals surface area contributed by atoms with E-state index >= 15 is 0 Å². The summed E-state index contributed by atoms with van der Waals surface area (Å²) in [7, 11) is 2.57. The highest BCUT2D eigenvalue weighted by Crippen LogP contribution is 2.39. The fourth-order valence-electron chi connectivity index (χ4n) is 2.15. The first-order valence-corrected chi connectivity index (χ1v) is 5.38. The molecule has 1 unspecified atom stereocenters. The summed E-state index contributed by atoms with van der Waals surface area (Å²) in [5.41, 5.74) is -0.488. The van der Waals surface area contributed by atoms with Gasteiger partial charge in [0.25, 0.3) is 0 Å². The van der Waals surface area contributed by atoms with E-state index in [1.165, 1.54) is 14.2 Å². The predicted octanol–water partition coefficient (Wildman–Crippen LogP) is 1.69. The minimum absolute atomic E-state index is 0.488. The van der Waals surface area contributed by atoms with Crippen molar-refractivity contribution in [2.45, 2.75) is 26.2 Å². The van der Waals surface area contributed by atoms with Gasteiger partial charge >= 0.3 is 11.9 Å². The third kappa shape index (κ3) is 2.43. The summed E-state index contributed by atoms with van der Waals surface area (Å²) in [4.78, 5) is 23.3. The van der Waals surface area contributed by atoms with Crippen LogP contribution in [0.3, 0.4) is 0 Å². The molecule has 0 amide bonds. The fourth-order valence-corrected chi connectivity index (χ4v) is 2.15. The number of rotatable bonds is 3. The summed E-state index contributed by atoms with van der Waals surface area (Å²) < 4.78 is 9.36. The molecule has 4 nitrogen and oxygen atoms in total. The number of carbonyl (C=O) groups is 2. The SMILES string of the molecule is COC(=O)C(C(=O)OC)C1(C)C=CCCC1. The number of methoxy groups -OCH3 is 2. The van der Waals surface area contributed by atoms with Gasteiger partial charge in [0, 0.05) is 5.41 Å². The molecule has 0 saturated heterocycles. The fraction of sp³-hybridized carbons (Fsp3) is 0.667. The van der Waals surface area contributed by atoms with E-state index in [-0.39, 0.29) is 0 Å². The lowest BCUT2D eigenvalue weighted by molar-refractivity contribution is -0.163. The van der Waals surface area contributed by atoms with Gasteiger partial charge in [0.2, 0.25) is 0 Å². The van der Waals surface area contributed by atoms with E-state index in [9.17, 15) is 9.59 Å². The van der Waals surface area contributed by atoms with Gasteiger partial charge in [-0.15, -0.1) is 0 Å². The second kappa shape index (κ2) is 5.14. The second-order valence-electron chi connectivity index (χ2n) is 4.28. The van der Waals surface area contributed by atoms with E-state index in [1.807, 2.05) is 19.1 Å². The van der Waals surface area contributed by atoms with Gasteiger partial charge in [-0.1, -0.05) is 19.1 Å². The van der Waals surface area contributed by atoms with Crippen LogP contribution in [0.15, 0.2) is 12.2 Å². The Hall–Kier alpha value is -1.32. The molecule has 0 radical (unpaired) electrons. The van der Waals surface area contributed by atoms with Crippen molar-refractivity contribution in [2.75, 3.05) is 14.2 Å². The molecule has 1 aliphatic rings. The molecule has 4 heteroatoms. The Kier molecular flexibility index (Phi) is 4.10. The van der Waals surface area contributed by atoms with E-state index in [1.54, 1.807) is 0 Å². The van der Waals surface area contributed by atoms with Crippen molar-refractivity contribution in [1.82, 2.24) is 0 Å². The van der Waals surface area contributed by atoms with Gasteiger partial charge in [0.15, 0.2) is 5.92 Å². The normalized spacial score (nSPS) is 24.2. The maximum atomic E-state index is 11.7. The number of hydrogen-bond donors (Lipinski definition) is 0. The lowest BCUT2D eigenvalue weighted by Gasteiger charge is -2.33. The summed E-state index contributed by atoms with van der Waals surface area (Å²) in [5, 5.41) is 0. The highest BCUT2D eigenvalue weighted by Gasteiger charge is 2.44. The number of ether oxygens (including phenoxy) is 2. The van der Waals surface area contributed by atoms with Crippen LogP contribution in [0.1, 0.15) is 26.2 Å². The van der Waals surface area contributed by atoms with E-state index in [2.05, 4.69) is 9.47 Å². The summed E-state index contributed by atoms with van der Waals surface area (Å²) in [6.45, 7) is 1.89. The van der Waals surface area contributed by atoms with E-state index in [4.69, 9.17) is 0 Å². The smallest absolute Gasteiger partial charge is 0.320 e. The van der Waals surface area contributed by atoms with Gasteiger partial charge in [-0.2, -0.15) is 0 Å². The lowest BCUT2D eigenvalue weighted by atomic mass is 9.71. The van der Waals surface area contributed by atoms with Crippen LogP contribution >= 0.6 is 0 Å². The van der Waals surface area contributed by atoms with Crippen LogP contribution in [0, 0.1) is 11.3 Å². The maximum Gasteiger partial charge on any atom is 0.320 e. The van der Waals surface area contributed by atoms with Gasteiger partial charge in [-0.25, -0.2) is 0 Å². The first-order valence-electron chi connectivity index (χ1n) is 5.38. The van der Waals surface area contributed by atoms with Crippen LogP contribution in [0.5, 0.6) is 0 Å². The highest BCUT2D eigenvalue weighted by molar-refractivity contribution is 5.96. The zero-order chi connectivity index (χ0) is 12.2. The molecule has 0 spiro atoms. The Bertz CT molecular complexity index is 292. The average molecular weight is 226 g/mol. The molecular weight excluding hydrogens is 208 g/mol. The monoisotopic (exact) mass is 226 g/mol. The number of esters is 2. The molecule has 1 atom stereocenters. The van der Waals surface area contributed by atoms with Crippen LogP contribution in [0.25, 0.3) is 0 Å². The molecule has 0 N–H and O–H groups in total. The van der Waals surface area contributed by atoms with Gasteiger partial charge in [-0.3, -0.25) is 9.59 Å². The molecule has 1 aliphatic carbocycles. The largest absolute Gasteiger partial charge is 0.468 e. The molecule has 1 rings (SSSR count). The Morgan fingerprint density at radius 1 is 1.25 bits per heavy atom. The Morgan fingerprint density at radius 2 is 1.81 bits per heavy atom. The average Bonchev–Trinajstić information content (AvgIpc) is 2.29. The molecule has 0 aromatic heterocycles. The van der Waals surface area contributed by atoms with Gasteiger partial charge in [0.05, 0.1) is 14.2 Å². The van der Waals surface area contributed by atoms with Gasteiger partial charge in [0.1, 0.15) is 0 Å². The van der Waals surface area contributed by atoms with Crippen molar-refractivity contribution >= 4 is 11.9 Å². The Balaban J connectivity index is 2.99. The number of carbonyl (C=O) groups excluding carboxylic acids is 2. The first kappa shape index (κ1) is 12.7. The molecule has 0 bridgehead atoms.